The zero-order chi connectivity index (χ0) is 20.2. The Kier molecular flexibility index (Phi) is 5.64. The number of carbonyl (C=O) groups is 1. The van der Waals surface area contributed by atoms with Crippen molar-refractivity contribution in [3.63, 3.8) is 0 Å². The van der Waals surface area contributed by atoms with Gasteiger partial charge in [0.2, 0.25) is 11.8 Å². The second-order valence-corrected chi connectivity index (χ2v) is 7.41. The third-order valence-electron chi connectivity index (χ3n) is 5.42. The van der Waals surface area contributed by atoms with Crippen molar-refractivity contribution in [3.05, 3.63) is 58.6 Å². The topological polar surface area (TPSA) is 78.2 Å². The smallest absolute Gasteiger partial charge is 0.329 e. The molecular formula is C22H26N4O3. The number of ether oxygens (including phenoxy) is 1. The number of carbonyl (C=O) groups excluding carboxylic acids is 1. The van der Waals surface area contributed by atoms with Crippen molar-refractivity contribution in [1.82, 2.24) is 19.4 Å². The second-order valence-electron chi connectivity index (χ2n) is 7.41. The number of aromatic nitrogens is 3. The summed E-state index contributed by atoms with van der Waals surface area (Å²) in [6.45, 7) is 2.84. The predicted octanol–water partition coefficient (Wildman–Crippen LogP) is 2.86. The highest BCUT2D eigenvalue weighted by atomic mass is 16.5. The average Bonchev–Trinajstić information content (AvgIpc) is 3.33. The summed E-state index contributed by atoms with van der Waals surface area (Å²) in [5, 5.41) is 2.90. The zero-order valence-electron chi connectivity index (χ0n) is 16.6. The van der Waals surface area contributed by atoms with Crippen LogP contribution in [0.4, 0.5) is 0 Å². The lowest BCUT2D eigenvalue weighted by Crippen LogP contribution is -2.32. The number of hydrogen-bond acceptors (Lipinski definition) is 4. The van der Waals surface area contributed by atoms with Gasteiger partial charge in [0.15, 0.2) is 0 Å². The number of fused-ring (bicyclic) bond motifs is 1. The molecule has 1 aromatic carbocycles. The highest BCUT2D eigenvalue weighted by Crippen LogP contribution is 2.23. The molecule has 1 fully saturated rings. The number of aryl methyl sites for hydroxylation is 1. The van der Waals surface area contributed by atoms with E-state index < -0.39 is 0 Å². The number of rotatable bonds is 7. The van der Waals surface area contributed by atoms with Gasteiger partial charge in [-0.2, -0.15) is 0 Å². The molecule has 1 N–H and O–H groups in total. The number of imidazole rings is 1. The number of para-hydroxylation sites is 2. The van der Waals surface area contributed by atoms with Gasteiger partial charge in [-0.3, -0.25) is 13.9 Å². The predicted molar refractivity (Wildman–Crippen MR) is 111 cm³/mol. The van der Waals surface area contributed by atoms with Crippen LogP contribution in [-0.4, -0.2) is 26.1 Å². The van der Waals surface area contributed by atoms with E-state index in [9.17, 15) is 9.59 Å². The van der Waals surface area contributed by atoms with Gasteiger partial charge in [-0.25, -0.2) is 9.78 Å². The Labute approximate surface area is 169 Å². The van der Waals surface area contributed by atoms with Crippen LogP contribution in [0.5, 0.6) is 5.88 Å². The van der Waals surface area contributed by atoms with Gasteiger partial charge in [0.05, 0.1) is 11.0 Å². The van der Waals surface area contributed by atoms with Crippen LogP contribution in [0.1, 0.15) is 38.2 Å². The summed E-state index contributed by atoms with van der Waals surface area (Å²) in [4.78, 5) is 29.4. The molecule has 3 aromatic rings. The molecule has 1 aliphatic rings. The average molecular weight is 394 g/mol. The fraction of sp³-hybridized carbons (Fsp3) is 0.409. The van der Waals surface area contributed by atoms with Gasteiger partial charge in [-0.1, -0.05) is 12.1 Å². The first-order valence-electron chi connectivity index (χ1n) is 10.2. The van der Waals surface area contributed by atoms with Crippen molar-refractivity contribution >= 4 is 16.9 Å². The van der Waals surface area contributed by atoms with E-state index >= 15 is 0 Å². The van der Waals surface area contributed by atoms with Crippen LogP contribution in [0.15, 0.2) is 47.4 Å². The van der Waals surface area contributed by atoms with Gasteiger partial charge < -0.3 is 10.1 Å². The molecule has 0 unspecified atom stereocenters. The Morgan fingerprint density at radius 2 is 1.90 bits per heavy atom. The number of nitrogens with zero attached hydrogens (tertiary/aromatic N) is 3. The van der Waals surface area contributed by atoms with Gasteiger partial charge in [0.25, 0.3) is 0 Å². The lowest BCUT2D eigenvalue weighted by atomic mass is 10.2. The summed E-state index contributed by atoms with van der Waals surface area (Å²) in [7, 11) is 0. The number of nitrogens with one attached hydrogen (secondary N) is 1. The molecule has 1 saturated carbocycles. The van der Waals surface area contributed by atoms with Crippen LogP contribution >= 0.6 is 0 Å². The van der Waals surface area contributed by atoms with E-state index in [1.807, 2.05) is 43.3 Å². The summed E-state index contributed by atoms with van der Waals surface area (Å²) < 4.78 is 9.13. The molecule has 0 aliphatic heterocycles. The largest absolute Gasteiger partial charge is 0.474 e. The standard InChI is InChI=1S/C22H26N4O3/c1-2-25-18-9-5-6-10-19(18)26(22(25)28)15-20(27)24-14-16-11-12-23-21(13-16)29-17-7-3-4-8-17/h5-6,9-13,17H,2-4,7-8,14-15H2,1H3,(H,24,27). The van der Waals surface area contributed by atoms with E-state index in [0.29, 0.717) is 19.0 Å². The summed E-state index contributed by atoms with van der Waals surface area (Å²) in [5.74, 6) is 0.395. The molecular weight excluding hydrogens is 368 g/mol. The number of amides is 1. The van der Waals surface area contributed by atoms with Crippen molar-refractivity contribution in [2.24, 2.45) is 0 Å². The molecule has 1 amide bonds. The lowest BCUT2D eigenvalue weighted by Gasteiger charge is -2.13. The van der Waals surface area contributed by atoms with Crippen molar-refractivity contribution < 1.29 is 9.53 Å². The first kappa shape index (κ1) is 19.2. The van der Waals surface area contributed by atoms with Gasteiger partial charge in [0.1, 0.15) is 12.6 Å². The number of pyridine rings is 1. The van der Waals surface area contributed by atoms with Gasteiger partial charge in [0, 0.05) is 25.4 Å². The minimum absolute atomic E-state index is 0.0111. The number of hydrogen-bond donors (Lipinski definition) is 1. The molecule has 2 heterocycles. The maximum Gasteiger partial charge on any atom is 0.329 e. The minimum atomic E-state index is -0.207. The van der Waals surface area contributed by atoms with Gasteiger partial charge in [-0.15, -0.1) is 0 Å². The maximum atomic E-state index is 12.7. The molecule has 152 valence electrons. The fourth-order valence-corrected chi connectivity index (χ4v) is 3.93. The van der Waals surface area contributed by atoms with Crippen LogP contribution < -0.4 is 15.7 Å². The van der Waals surface area contributed by atoms with E-state index in [4.69, 9.17) is 4.74 Å². The molecule has 1 aliphatic carbocycles. The molecule has 0 atom stereocenters. The van der Waals surface area contributed by atoms with Gasteiger partial charge in [-0.05, 0) is 56.4 Å². The number of benzene rings is 1. The third-order valence-corrected chi connectivity index (χ3v) is 5.42. The molecule has 7 heteroatoms. The second kappa shape index (κ2) is 8.51. The Morgan fingerprint density at radius 1 is 1.17 bits per heavy atom. The van der Waals surface area contributed by atoms with E-state index in [-0.39, 0.29) is 24.2 Å². The molecule has 0 saturated heterocycles. The van der Waals surface area contributed by atoms with E-state index in [2.05, 4.69) is 10.3 Å². The minimum Gasteiger partial charge on any atom is -0.474 e. The first-order chi connectivity index (χ1) is 14.2. The summed E-state index contributed by atoms with van der Waals surface area (Å²) >= 11 is 0. The zero-order valence-corrected chi connectivity index (χ0v) is 16.6. The summed E-state index contributed by atoms with van der Waals surface area (Å²) in [6, 6.07) is 11.3. The molecule has 0 bridgehead atoms. The quantitative estimate of drug-likeness (QED) is 0.668. The Hall–Kier alpha value is -3.09. The van der Waals surface area contributed by atoms with Gasteiger partial charge >= 0.3 is 5.69 Å². The van der Waals surface area contributed by atoms with Crippen molar-refractivity contribution in [2.45, 2.75) is 58.3 Å². The molecule has 2 aromatic heterocycles. The van der Waals surface area contributed by atoms with E-state index in [1.165, 1.54) is 17.4 Å². The third kappa shape index (κ3) is 4.18. The van der Waals surface area contributed by atoms with Crippen LogP contribution in [0.3, 0.4) is 0 Å². The van der Waals surface area contributed by atoms with Crippen LogP contribution in [-0.2, 0) is 24.4 Å². The highest BCUT2D eigenvalue weighted by molar-refractivity contribution is 5.80. The summed E-state index contributed by atoms with van der Waals surface area (Å²) in [6.07, 6.45) is 6.49. The van der Waals surface area contributed by atoms with Crippen molar-refractivity contribution in [3.8, 4) is 5.88 Å². The summed E-state index contributed by atoms with van der Waals surface area (Å²) in [5.41, 5.74) is 2.37. The van der Waals surface area contributed by atoms with Crippen LogP contribution in [0, 0.1) is 0 Å². The Bertz CT molecular complexity index is 1060. The Morgan fingerprint density at radius 3 is 2.62 bits per heavy atom. The van der Waals surface area contributed by atoms with Crippen molar-refractivity contribution in [1.29, 1.82) is 0 Å². The fourth-order valence-electron chi connectivity index (χ4n) is 3.93. The van der Waals surface area contributed by atoms with Crippen molar-refractivity contribution in [2.75, 3.05) is 0 Å². The van der Waals surface area contributed by atoms with Crippen LogP contribution in [0.25, 0.3) is 11.0 Å². The molecule has 29 heavy (non-hydrogen) atoms. The lowest BCUT2D eigenvalue weighted by molar-refractivity contribution is -0.121. The monoisotopic (exact) mass is 394 g/mol. The van der Waals surface area contributed by atoms with E-state index in [1.54, 1.807) is 10.8 Å². The molecule has 7 nitrogen and oxygen atoms in total. The first-order valence-corrected chi connectivity index (χ1v) is 10.2. The maximum absolute atomic E-state index is 12.7. The normalized spacial score (nSPS) is 14.4. The molecule has 0 spiro atoms. The van der Waals surface area contributed by atoms with Crippen LogP contribution in [0.2, 0.25) is 0 Å². The highest BCUT2D eigenvalue weighted by Gasteiger charge is 2.17. The SMILES string of the molecule is CCn1c(=O)n(CC(=O)NCc2ccnc(OC3CCCC3)c2)c2ccccc21. The van der Waals surface area contributed by atoms with E-state index in [0.717, 1.165) is 29.4 Å². The molecule has 0 radical (unpaired) electrons. The Balaban J connectivity index is 1.41. The molecule has 4 rings (SSSR count).